The summed E-state index contributed by atoms with van der Waals surface area (Å²) in [6.45, 7) is 0.0612. The van der Waals surface area contributed by atoms with Crippen molar-refractivity contribution in [3.63, 3.8) is 0 Å². The number of amides is 1. The van der Waals surface area contributed by atoms with E-state index in [4.69, 9.17) is 11.6 Å². The number of nitrogens with one attached hydrogen (secondary N) is 2. The molecule has 1 amide bonds. The van der Waals surface area contributed by atoms with Crippen LogP contribution in [0.25, 0.3) is 0 Å². The number of hydrogen-bond acceptors (Lipinski definition) is 3. The van der Waals surface area contributed by atoms with Gasteiger partial charge in [0.25, 0.3) is 5.56 Å². The van der Waals surface area contributed by atoms with Gasteiger partial charge in [0.2, 0.25) is 5.82 Å². The lowest BCUT2D eigenvalue weighted by Gasteiger charge is -2.07. The summed E-state index contributed by atoms with van der Waals surface area (Å²) in [6.07, 6.45) is 0.531. The number of H-pyrrole nitrogens is 1. The fourth-order valence-corrected chi connectivity index (χ4v) is 1.70. The Kier molecular flexibility index (Phi) is 3.99. The maximum Gasteiger partial charge on any atom is 0.336 e. The van der Waals surface area contributed by atoms with Gasteiger partial charge in [0, 0.05) is 11.6 Å². The second kappa shape index (κ2) is 5.70. The van der Waals surface area contributed by atoms with Gasteiger partial charge in [0.15, 0.2) is 0 Å². The van der Waals surface area contributed by atoms with Gasteiger partial charge in [-0.2, -0.15) is 4.39 Å². The van der Waals surface area contributed by atoms with Crippen molar-refractivity contribution in [3.05, 3.63) is 67.7 Å². The van der Waals surface area contributed by atoms with E-state index in [9.17, 15) is 18.8 Å². The van der Waals surface area contributed by atoms with Crippen molar-refractivity contribution in [2.24, 2.45) is 0 Å². The van der Waals surface area contributed by atoms with E-state index in [1.807, 2.05) is 0 Å². The predicted molar refractivity (Wildman–Crippen MR) is 70.4 cm³/mol. The summed E-state index contributed by atoms with van der Waals surface area (Å²) in [5, 5.41) is 2.85. The number of aromatic amines is 1. The van der Waals surface area contributed by atoms with Crippen molar-refractivity contribution in [3.8, 4) is 0 Å². The topological polar surface area (TPSA) is 84.0 Å². The highest BCUT2D eigenvalue weighted by Crippen LogP contribution is 2.14. The Hall–Kier alpha value is -2.41. The molecule has 1 heterocycles. The lowest BCUT2D eigenvalue weighted by atomic mass is 10.2. The molecular formula is C12H9ClFN3O3. The molecule has 1 aromatic heterocycles. The first kappa shape index (κ1) is 14.0. The SMILES string of the molecule is O=C(NCc1ccccc1Cl)n1cc(F)c(=O)[nH]c1=O. The van der Waals surface area contributed by atoms with Crippen molar-refractivity contribution in [1.29, 1.82) is 0 Å². The van der Waals surface area contributed by atoms with E-state index in [0.29, 0.717) is 21.4 Å². The van der Waals surface area contributed by atoms with Gasteiger partial charge >= 0.3 is 11.7 Å². The average Bonchev–Trinajstić information content (AvgIpc) is 2.41. The molecule has 0 unspecified atom stereocenters. The standard InChI is InChI=1S/C12H9ClFN3O3/c13-8-4-2-1-3-7(8)5-15-11(19)17-6-9(14)10(18)16-12(17)20/h1-4,6H,5H2,(H,15,19)(H,16,18,20). The third-order valence-electron chi connectivity index (χ3n) is 2.51. The molecule has 8 heteroatoms. The van der Waals surface area contributed by atoms with Crippen LogP contribution in [0, 0.1) is 5.82 Å². The zero-order valence-electron chi connectivity index (χ0n) is 10.0. The molecule has 0 saturated carbocycles. The van der Waals surface area contributed by atoms with E-state index in [-0.39, 0.29) is 6.54 Å². The lowest BCUT2D eigenvalue weighted by molar-refractivity contribution is 0.240. The zero-order valence-corrected chi connectivity index (χ0v) is 10.8. The van der Waals surface area contributed by atoms with Crippen LogP contribution in [0.3, 0.4) is 0 Å². The molecule has 0 radical (unpaired) electrons. The lowest BCUT2D eigenvalue weighted by Crippen LogP contribution is -2.40. The number of hydrogen-bond donors (Lipinski definition) is 2. The summed E-state index contributed by atoms with van der Waals surface area (Å²) in [6, 6.07) is 5.94. The summed E-state index contributed by atoms with van der Waals surface area (Å²) in [5.41, 5.74) is -1.56. The third kappa shape index (κ3) is 2.94. The Morgan fingerprint density at radius 1 is 1.35 bits per heavy atom. The van der Waals surface area contributed by atoms with Crippen LogP contribution in [0.1, 0.15) is 5.56 Å². The Balaban J connectivity index is 2.18. The molecule has 0 bridgehead atoms. The predicted octanol–water partition coefficient (Wildman–Crippen LogP) is 1.09. The van der Waals surface area contributed by atoms with E-state index in [2.05, 4.69) is 5.32 Å². The molecule has 0 spiro atoms. The van der Waals surface area contributed by atoms with Crippen LogP contribution in [-0.2, 0) is 6.54 Å². The first-order valence-corrected chi connectivity index (χ1v) is 5.90. The van der Waals surface area contributed by atoms with E-state index >= 15 is 0 Å². The van der Waals surface area contributed by atoms with Gasteiger partial charge in [-0.3, -0.25) is 9.78 Å². The molecule has 2 aromatic rings. The zero-order chi connectivity index (χ0) is 14.7. The molecule has 0 aliphatic rings. The molecule has 0 saturated heterocycles. The third-order valence-corrected chi connectivity index (χ3v) is 2.87. The Morgan fingerprint density at radius 3 is 2.75 bits per heavy atom. The highest BCUT2D eigenvalue weighted by atomic mass is 35.5. The number of halogens is 2. The first-order valence-electron chi connectivity index (χ1n) is 5.52. The van der Waals surface area contributed by atoms with Crippen molar-refractivity contribution in [2.45, 2.75) is 6.54 Å². The van der Waals surface area contributed by atoms with Crippen LogP contribution >= 0.6 is 11.6 Å². The first-order chi connectivity index (χ1) is 9.49. The minimum Gasteiger partial charge on any atom is -0.333 e. The van der Waals surface area contributed by atoms with Crippen LogP contribution < -0.4 is 16.6 Å². The largest absolute Gasteiger partial charge is 0.336 e. The van der Waals surface area contributed by atoms with Crippen LogP contribution in [-0.4, -0.2) is 15.6 Å². The fraction of sp³-hybridized carbons (Fsp3) is 0.0833. The fourth-order valence-electron chi connectivity index (χ4n) is 1.50. The van der Waals surface area contributed by atoms with Gasteiger partial charge in [-0.25, -0.2) is 14.2 Å². The number of nitrogens with zero attached hydrogens (tertiary/aromatic N) is 1. The van der Waals surface area contributed by atoms with Crippen LogP contribution in [0.15, 0.2) is 40.1 Å². The summed E-state index contributed by atoms with van der Waals surface area (Å²) in [4.78, 5) is 35.6. The number of aromatic nitrogens is 2. The van der Waals surface area contributed by atoms with Crippen molar-refractivity contribution in [1.82, 2.24) is 14.9 Å². The summed E-state index contributed by atoms with van der Waals surface area (Å²) < 4.78 is 13.5. The number of carbonyl (C=O) groups excluding carboxylic acids is 1. The minimum atomic E-state index is -1.22. The molecule has 0 aliphatic carbocycles. The summed E-state index contributed by atoms with van der Waals surface area (Å²) in [7, 11) is 0. The van der Waals surface area contributed by atoms with E-state index in [1.165, 1.54) is 0 Å². The Morgan fingerprint density at radius 2 is 2.05 bits per heavy atom. The number of benzene rings is 1. The van der Waals surface area contributed by atoms with Crippen molar-refractivity contribution >= 4 is 17.6 Å². The molecule has 0 fully saturated rings. The smallest absolute Gasteiger partial charge is 0.333 e. The second-order valence-corrected chi connectivity index (χ2v) is 4.26. The normalized spacial score (nSPS) is 10.3. The maximum absolute atomic E-state index is 13.0. The highest BCUT2D eigenvalue weighted by Gasteiger charge is 2.11. The highest BCUT2D eigenvalue weighted by molar-refractivity contribution is 6.31. The van der Waals surface area contributed by atoms with Gasteiger partial charge < -0.3 is 5.32 Å². The molecule has 1 aromatic carbocycles. The van der Waals surface area contributed by atoms with Gasteiger partial charge in [0.1, 0.15) is 0 Å². The second-order valence-electron chi connectivity index (χ2n) is 3.86. The van der Waals surface area contributed by atoms with E-state index in [0.717, 1.165) is 0 Å². The molecule has 0 atom stereocenters. The van der Waals surface area contributed by atoms with Gasteiger partial charge in [0.05, 0.1) is 6.20 Å². The van der Waals surface area contributed by atoms with Gasteiger partial charge in [-0.1, -0.05) is 29.8 Å². The molecule has 20 heavy (non-hydrogen) atoms. The molecule has 2 rings (SSSR count). The molecular weight excluding hydrogens is 289 g/mol. The molecule has 104 valence electrons. The Bertz CT molecular complexity index is 769. The van der Waals surface area contributed by atoms with Crippen LogP contribution in [0.5, 0.6) is 0 Å². The quantitative estimate of drug-likeness (QED) is 0.870. The number of rotatable bonds is 2. The monoisotopic (exact) mass is 297 g/mol. The van der Waals surface area contributed by atoms with Crippen molar-refractivity contribution in [2.75, 3.05) is 0 Å². The molecule has 0 aliphatic heterocycles. The molecule has 6 nitrogen and oxygen atoms in total. The summed E-state index contributed by atoms with van der Waals surface area (Å²) in [5.74, 6) is -1.22. The van der Waals surface area contributed by atoms with Crippen LogP contribution in [0.4, 0.5) is 9.18 Å². The van der Waals surface area contributed by atoms with Crippen molar-refractivity contribution < 1.29 is 9.18 Å². The molecule has 2 N–H and O–H groups in total. The van der Waals surface area contributed by atoms with Crippen LogP contribution in [0.2, 0.25) is 5.02 Å². The minimum absolute atomic E-state index is 0.0612. The maximum atomic E-state index is 13.0. The van der Waals surface area contributed by atoms with Gasteiger partial charge in [-0.05, 0) is 11.6 Å². The number of carbonyl (C=O) groups is 1. The Labute approximate surface area is 116 Å². The summed E-state index contributed by atoms with van der Waals surface area (Å²) >= 11 is 5.90. The average molecular weight is 298 g/mol. The van der Waals surface area contributed by atoms with Gasteiger partial charge in [-0.15, -0.1) is 0 Å². The van der Waals surface area contributed by atoms with E-state index in [1.54, 1.807) is 29.2 Å². The van der Waals surface area contributed by atoms with E-state index < -0.39 is 23.1 Å².